The first-order valence-corrected chi connectivity index (χ1v) is 7.00. The summed E-state index contributed by atoms with van der Waals surface area (Å²) in [6.07, 6.45) is 1.72. The molecule has 0 aliphatic heterocycles. The third-order valence-corrected chi connectivity index (χ3v) is 3.43. The number of carboxylic acids is 1. The van der Waals surface area contributed by atoms with Crippen molar-refractivity contribution in [3.8, 4) is 0 Å². The monoisotopic (exact) mass is 348 g/mol. The Morgan fingerprint density at radius 1 is 1.33 bits per heavy atom. The van der Waals surface area contributed by atoms with Crippen LogP contribution in [0.15, 0.2) is 41.0 Å². The first kappa shape index (κ1) is 15.2. The Kier molecular flexibility index (Phi) is 4.70. The van der Waals surface area contributed by atoms with Gasteiger partial charge in [0.05, 0.1) is 23.4 Å². The van der Waals surface area contributed by atoms with Gasteiger partial charge in [-0.05, 0) is 36.8 Å². The zero-order valence-corrected chi connectivity index (χ0v) is 12.8. The predicted octanol–water partition coefficient (Wildman–Crippen LogP) is 3.03. The number of aryl methyl sites for hydroxylation is 1. The fourth-order valence-corrected chi connectivity index (χ4v) is 2.21. The molecule has 0 aliphatic carbocycles. The number of hydrogen-bond acceptors (Lipinski definition) is 3. The zero-order valence-electron chi connectivity index (χ0n) is 11.3. The standard InChI is InChI=1S/C15H13BrN2O3/c1-9-3-2-6-17-13(9)8-14(19)18-12-5-4-10(16)7-11(12)15(20)21/h2-7H,8H2,1H3,(H,18,19)(H,20,21). The van der Waals surface area contributed by atoms with Crippen molar-refractivity contribution >= 4 is 33.5 Å². The molecule has 6 heteroatoms. The molecule has 0 fully saturated rings. The number of pyridine rings is 1. The normalized spacial score (nSPS) is 10.2. The number of hydrogen-bond donors (Lipinski definition) is 2. The van der Waals surface area contributed by atoms with Gasteiger partial charge in [-0.3, -0.25) is 9.78 Å². The molecule has 1 aromatic heterocycles. The highest BCUT2D eigenvalue weighted by Crippen LogP contribution is 2.21. The molecule has 0 unspecified atom stereocenters. The molecule has 1 amide bonds. The number of nitrogens with one attached hydrogen (secondary N) is 1. The van der Waals surface area contributed by atoms with Crippen LogP contribution in [0, 0.1) is 6.92 Å². The lowest BCUT2D eigenvalue weighted by molar-refractivity contribution is -0.115. The van der Waals surface area contributed by atoms with E-state index < -0.39 is 5.97 Å². The fraction of sp³-hybridized carbons (Fsp3) is 0.133. The van der Waals surface area contributed by atoms with Crippen molar-refractivity contribution in [2.75, 3.05) is 5.32 Å². The van der Waals surface area contributed by atoms with Gasteiger partial charge in [-0.25, -0.2) is 4.79 Å². The van der Waals surface area contributed by atoms with E-state index in [1.807, 2.05) is 13.0 Å². The summed E-state index contributed by atoms with van der Waals surface area (Å²) in [5.41, 5.74) is 1.89. The molecule has 2 rings (SSSR count). The van der Waals surface area contributed by atoms with Crippen LogP contribution in [0.3, 0.4) is 0 Å². The van der Waals surface area contributed by atoms with Gasteiger partial charge < -0.3 is 10.4 Å². The lowest BCUT2D eigenvalue weighted by Gasteiger charge is -2.09. The highest BCUT2D eigenvalue weighted by Gasteiger charge is 2.14. The lowest BCUT2D eigenvalue weighted by Crippen LogP contribution is -2.18. The van der Waals surface area contributed by atoms with Crippen LogP contribution in [0.5, 0.6) is 0 Å². The molecule has 1 aromatic carbocycles. The lowest BCUT2D eigenvalue weighted by atomic mass is 10.1. The van der Waals surface area contributed by atoms with Gasteiger partial charge in [0, 0.05) is 10.7 Å². The summed E-state index contributed by atoms with van der Waals surface area (Å²) >= 11 is 3.21. The van der Waals surface area contributed by atoms with Gasteiger partial charge in [-0.15, -0.1) is 0 Å². The van der Waals surface area contributed by atoms with Crippen molar-refractivity contribution in [1.82, 2.24) is 4.98 Å². The molecule has 0 radical (unpaired) electrons. The Balaban J connectivity index is 2.17. The molecule has 0 saturated carbocycles. The second-order valence-electron chi connectivity index (χ2n) is 4.49. The molecule has 0 atom stereocenters. The van der Waals surface area contributed by atoms with Crippen molar-refractivity contribution in [3.05, 3.63) is 57.8 Å². The van der Waals surface area contributed by atoms with Crippen molar-refractivity contribution < 1.29 is 14.7 Å². The summed E-state index contributed by atoms with van der Waals surface area (Å²) in [6.45, 7) is 1.87. The van der Waals surface area contributed by atoms with Crippen molar-refractivity contribution in [2.24, 2.45) is 0 Å². The summed E-state index contributed by atoms with van der Waals surface area (Å²) < 4.78 is 0.637. The summed E-state index contributed by atoms with van der Waals surface area (Å²) in [4.78, 5) is 27.4. The number of carbonyl (C=O) groups is 2. The summed E-state index contributed by atoms with van der Waals surface area (Å²) in [5, 5.41) is 11.8. The highest BCUT2D eigenvalue weighted by molar-refractivity contribution is 9.10. The second kappa shape index (κ2) is 6.49. The van der Waals surface area contributed by atoms with Gasteiger partial charge in [0.15, 0.2) is 0 Å². The predicted molar refractivity (Wildman–Crippen MR) is 82.4 cm³/mol. The van der Waals surface area contributed by atoms with Crippen LogP contribution in [-0.4, -0.2) is 22.0 Å². The topological polar surface area (TPSA) is 79.3 Å². The molecular weight excluding hydrogens is 336 g/mol. The Labute approximate surface area is 130 Å². The highest BCUT2D eigenvalue weighted by atomic mass is 79.9. The van der Waals surface area contributed by atoms with E-state index in [9.17, 15) is 9.59 Å². The van der Waals surface area contributed by atoms with E-state index in [2.05, 4.69) is 26.2 Å². The van der Waals surface area contributed by atoms with E-state index >= 15 is 0 Å². The average molecular weight is 349 g/mol. The Morgan fingerprint density at radius 2 is 2.10 bits per heavy atom. The van der Waals surface area contributed by atoms with Crippen LogP contribution < -0.4 is 5.32 Å². The Hall–Kier alpha value is -2.21. The van der Waals surface area contributed by atoms with Crippen LogP contribution >= 0.6 is 15.9 Å². The van der Waals surface area contributed by atoms with E-state index in [-0.39, 0.29) is 23.6 Å². The number of carboxylic acid groups (broad SMARTS) is 1. The smallest absolute Gasteiger partial charge is 0.337 e. The SMILES string of the molecule is Cc1cccnc1CC(=O)Nc1ccc(Br)cc1C(=O)O. The van der Waals surface area contributed by atoms with E-state index in [1.165, 1.54) is 6.07 Å². The summed E-state index contributed by atoms with van der Waals surface area (Å²) in [6, 6.07) is 8.35. The number of aromatic nitrogens is 1. The maximum absolute atomic E-state index is 12.0. The van der Waals surface area contributed by atoms with E-state index in [1.54, 1.807) is 24.4 Å². The summed E-state index contributed by atoms with van der Waals surface area (Å²) in [7, 11) is 0. The molecule has 21 heavy (non-hydrogen) atoms. The van der Waals surface area contributed by atoms with Crippen molar-refractivity contribution in [2.45, 2.75) is 13.3 Å². The van der Waals surface area contributed by atoms with Crippen LogP contribution in [-0.2, 0) is 11.2 Å². The molecule has 5 nitrogen and oxygen atoms in total. The van der Waals surface area contributed by atoms with E-state index in [0.29, 0.717) is 10.2 Å². The second-order valence-corrected chi connectivity index (χ2v) is 5.40. The molecule has 0 bridgehead atoms. The molecule has 0 saturated heterocycles. The Morgan fingerprint density at radius 3 is 2.76 bits per heavy atom. The number of carbonyl (C=O) groups excluding carboxylic acids is 1. The third kappa shape index (κ3) is 3.88. The largest absolute Gasteiger partial charge is 0.478 e. The van der Waals surface area contributed by atoms with Crippen molar-refractivity contribution in [3.63, 3.8) is 0 Å². The number of amides is 1. The van der Waals surface area contributed by atoms with E-state index in [0.717, 1.165) is 5.56 Å². The first-order valence-electron chi connectivity index (χ1n) is 6.20. The molecule has 0 spiro atoms. The maximum Gasteiger partial charge on any atom is 0.337 e. The molecule has 2 N–H and O–H groups in total. The minimum Gasteiger partial charge on any atom is -0.478 e. The van der Waals surface area contributed by atoms with Crippen LogP contribution in [0.25, 0.3) is 0 Å². The number of anilines is 1. The molecule has 0 aliphatic rings. The van der Waals surface area contributed by atoms with Crippen LogP contribution in [0.4, 0.5) is 5.69 Å². The number of aromatic carboxylic acids is 1. The van der Waals surface area contributed by atoms with Gasteiger partial charge in [-0.2, -0.15) is 0 Å². The molecule has 2 aromatic rings. The van der Waals surface area contributed by atoms with E-state index in [4.69, 9.17) is 5.11 Å². The van der Waals surface area contributed by atoms with Gasteiger partial charge in [0.25, 0.3) is 0 Å². The molecule has 108 valence electrons. The zero-order chi connectivity index (χ0) is 15.4. The number of nitrogens with zero attached hydrogens (tertiary/aromatic N) is 1. The third-order valence-electron chi connectivity index (χ3n) is 2.93. The summed E-state index contributed by atoms with van der Waals surface area (Å²) in [5.74, 6) is -1.40. The Bertz CT molecular complexity index is 701. The molecular formula is C15H13BrN2O3. The average Bonchev–Trinajstić information content (AvgIpc) is 2.43. The van der Waals surface area contributed by atoms with Crippen LogP contribution in [0.2, 0.25) is 0 Å². The fourth-order valence-electron chi connectivity index (χ4n) is 1.85. The van der Waals surface area contributed by atoms with Gasteiger partial charge in [0.1, 0.15) is 0 Å². The van der Waals surface area contributed by atoms with Gasteiger partial charge in [0.2, 0.25) is 5.91 Å². The van der Waals surface area contributed by atoms with Gasteiger partial charge >= 0.3 is 5.97 Å². The van der Waals surface area contributed by atoms with Gasteiger partial charge in [-0.1, -0.05) is 22.0 Å². The first-order chi connectivity index (χ1) is 9.97. The van der Waals surface area contributed by atoms with Crippen LogP contribution in [0.1, 0.15) is 21.6 Å². The number of rotatable bonds is 4. The van der Waals surface area contributed by atoms with Crippen molar-refractivity contribution in [1.29, 1.82) is 0 Å². The number of benzene rings is 1. The minimum atomic E-state index is -1.10. The minimum absolute atomic E-state index is 0.0375. The molecule has 1 heterocycles. The number of halogens is 1. The maximum atomic E-state index is 12.0. The quantitative estimate of drug-likeness (QED) is 0.889.